The molecule has 0 saturated heterocycles. The zero-order valence-electron chi connectivity index (χ0n) is 10.7. The van der Waals surface area contributed by atoms with Crippen LogP contribution in [-0.4, -0.2) is 29.1 Å². The fourth-order valence-electron chi connectivity index (χ4n) is 1.87. The summed E-state index contributed by atoms with van der Waals surface area (Å²) in [5.41, 5.74) is 0.242. The van der Waals surface area contributed by atoms with Gasteiger partial charge in [0.2, 0.25) is 0 Å². The fourth-order valence-corrected chi connectivity index (χ4v) is 1.87. The summed E-state index contributed by atoms with van der Waals surface area (Å²) >= 11 is 0. The van der Waals surface area contributed by atoms with E-state index in [4.69, 9.17) is 5.11 Å². The van der Waals surface area contributed by atoms with Gasteiger partial charge < -0.3 is 10.0 Å². The van der Waals surface area contributed by atoms with Gasteiger partial charge in [-0.3, -0.25) is 0 Å². The Labute approximate surface area is 106 Å². The first-order valence-corrected chi connectivity index (χ1v) is 5.86. The maximum absolute atomic E-state index is 11.2. The van der Waals surface area contributed by atoms with Gasteiger partial charge in [-0.25, -0.2) is 9.78 Å². The molecule has 0 aliphatic carbocycles. The third-order valence-electron chi connectivity index (χ3n) is 3.11. The second kappa shape index (κ2) is 4.64. The van der Waals surface area contributed by atoms with Gasteiger partial charge in [-0.2, -0.15) is 0 Å². The first kappa shape index (κ1) is 12.4. The van der Waals surface area contributed by atoms with Gasteiger partial charge in [0.25, 0.3) is 0 Å². The molecule has 0 fully saturated rings. The number of rotatable bonds is 3. The van der Waals surface area contributed by atoms with E-state index in [-0.39, 0.29) is 5.56 Å². The molecule has 4 heteroatoms. The molecule has 0 unspecified atom stereocenters. The lowest BCUT2D eigenvalue weighted by Crippen LogP contribution is -2.26. The third-order valence-corrected chi connectivity index (χ3v) is 3.11. The van der Waals surface area contributed by atoms with Crippen LogP contribution in [0.1, 0.15) is 24.2 Å². The number of anilines is 1. The number of benzene rings is 1. The summed E-state index contributed by atoms with van der Waals surface area (Å²) in [6.07, 6.45) is 1.43. The van der Waals surface area contributed by atoms with Crippen LogP contribution >= 0.6 is 0 Å². The van der Waals surface area contributed by atoms with Gasteiger partial charge in [-0.1, -0.05) is 24.3 Å². The lowest BCUT2D eigenvalue weighted by molar-refractivity contribution is 0.0698. The van der Waals surface area contributed by atoms with Crippen molar-refractivity contribution < 1.29 is 9.90 Å². The number of aromatic carboxylic acids is 1. The average molecular weight is 244 g/mol. The van der Waals surface area contributed by atoms with Crippen LogP contribution in [0.25, 0.3) is 10.8 Å². The smallest absolute Gasteiger partial charge is 0.337 e. The Morgan fingerprint density at radius 1 is 1.28 bits per heavy atom. The maximum atomic E-state index is 11.2. The van der Waals surface area contributed by atoms with E-state index in [0.29, 0.717) is 6.04 Å². The van der Waals surface area contributed by atoms with Gasteiger partial charge in [0.05, 0.1) is 5.56 Å². The first-order valence-electron chi connectivity index (χ1n) is 5.86. The van der Waals surface area contributed by atoms with E-state index >= 15 is 0 Å². The second-order valence-corrected chi connectivity index (χ2v) is 4.55. The van der Waals surface area contributed by atoms with Crippen LogP contribution in [0.2, 0.25) is 0 Å². The van der Waals surface area contributed by atoms with Crippen LogP contribution in [0, 0.1) is 0 Å². The van der Waals surface area contributed by atoms with Crippen LogP contribution in [0.4, 0.5) is 5.82 Å². The Kier molecular flexibility index (Phi) is 3.19. The molecule has 4 nitrogen and oxygen atoms in total. The molecule has 0 aliphatic rings. The van der Waals surface area contributed by atoms with E-state index in [2.05, 4.69) is 18.8 Å². The number of fused-ring (bicyclic) bond motifs is 1. The van der Waals surface area contributed by atoms with Gasteiger partial charge in [0, 0.05) is 30.1 Å². The molecular formula is C14H16N2O2. The highest BCUT2D eigenvalue weighted by Gasteiger charge is 2.15. The summed E-state index contributed by atoms with van der Waals surface area (Å²) in [7, 11) is 1.96. The van der Waals surface area contributed by atoms with Crippen LogP contribution in [0.15, 0.2) is 30.5 Å². The zero-order chi connectivity index (χ0) is 13.3. The van der Waals surface area contributed by atoms with E-state index in [1.807, 2.05) is 36.2 Å². The number of hydrogen-bond donors (Lipinski definition) is 1. The predicted octanol–water partition coefficient (Wildman–Crippen LogP) is 2.78. The van der Waals surface area contributed by atoms with Crippen molar-refractivity contribution in [1.29, 1.82) is 0 Å². The van der Waals surface area contributed by atoms with Crippen molar-refractivity contribution in [1.82, 2.24) is 4.98 Å². The molecule has 0 spiro atoms. The Bertz CT molecular complexity index is 593. The molecule has 1 aromatic heterocycles. The van der Waals surface area contributed by atoms with Gasteiger partial charge in [0.1, 0.15) is 5.82 Å². The largest absolute Gasteiger partial charge is 0.478 e. The van der Waals surface area contributed by atoms with Gasteiger partial charge >= 0.3 is 5.97 Å². The Morgan fingerprint density at radius 3 is 2.44 bits per heavy atom. The molecule has 0 aliphatic heterocycles. The lowest BCUT2D eigenvalue weighted by Gasteiger charge is -2.24. The molecular weight excluding hydrogens is 228 g/mol. The standard InChI is InChI=1S/C14H16N2O2/c1-9(2)16(3)13-11-7-5-4-6-10(11)12(8-15-13)14(17)18/h4-9H,1-3H3,(H,17,18). The van der Waals surface area contributed by atoms with Crippen LogP contribution < -0.4 is 4.90 Å². The highest BCUT2D eigenvalue weighted by Crippen LogP contribution is 2.27. The topological polar surface area (TPSA) is 53.4 Å². The summed E-state index contributed by atoms with van der Waals surface area (Å²) in [5.74, 6) is -0.136. The van der Waals surface area contributed by atoms with Crippen molar-refractivity contribution in [3.05, 3.63) is 36.0 Å². The van der Waals surface area contributed by atoms with Gasteiger partial charge in [-0.15, -0.1) is 0 Å². The van der Waals surface area contributed by atoms with Crippen molar-refractivity contribution in [2.24, 2.45) is 0 Å². The number of hydrogen-bond acceptors (Lipinski definition) is 3. The Hall–Kier alpha value is -2.10. The van der Waals surface area contributed by atoms with Crippen molar-refractivity contribution in [3.8, 4) is 0 Å². The van der Waals surface area contributed by atoms with Crippen LogP contribution in [0.5, 0.6) is 0 Å². The van der Waals surface area contributed by atoms with Crippen molar-refractivity contribution in [2.75, 3.05) is 11.9 Å². The van der Waals surface area contributed by atoms with E-state index in [0.717, 1.165) is 16.6 Å². The second-order valence-electron chi connectivity index (χ2n) is 4.55. The summed E-state index contributed by atoms with van der Waals surface area (Å²) in [6.45, 7) is 4.14. The molecule has 0 amide bonds. The summed E-state index contributed by atoms with van der Waals surface area (Å²) in [6, 6.07) is 7.76. The maximum Gasteiger partial charge on any atom is 0.337 e. The van der Waals surface area contributed by atoms with Crippen molar-refractivity contribution in [2.45, 2.75) is 19.9 Å². The normalized spacial score (nSPS) is 10.9. The van der Waals surface area contributed by atoms with Crippen LogP contribution in [0.3, 0.4) is 0 Å². The minimum Gasteiger partial charge on any atom is -0.478 e. The number of carboxylic acids is 1. The van der Waals surface area contributed by atoms with Crippen LogP contribution in [-0.2, 0) is 0 Å². The van der Waals surface area contributed by atoms with Gasteiger partial charge in [0.15, 0.2) is 0 Å². The summed E-state index contributed by atoms with van der Waals surface area (Å²) in [4.78, 5) is 17.5. The molecule has 1 heterocycles. The molecule has 1 aromatic carbocycles. The van der Waals surface area contributed by atoms with E-state index in [1.165, 1.54) is 6.20 Å². The average Bonchev–Trinajstić information content (AvgIpc) is 2.36. The zero-order valence-corrected chi connectivity index (χ0v) is 10.7. The highest BCUT2D eigenvalue weighted by molar-refractivity contribution is 6.06. The number of pyridine rings is 1. The lowest BCUT2D eigenvalue weighted by atomic mass is 10.1. The molecule has 0 atom stereocenters. The first-order chi connectivity index (χ1) is 8.52. The number of aromatic nitrogens is 1. The summed E-state index contributed by atoms with van der Waals surface area (Å²) < 4.78 is 0. The Balaban J connectivity index is 2.72. The molecule has 2 aromatic rings. The van der Waals surface area contributed by atoms with Crippen molar-refractivity contribution >= 4 is 22.6 Å². The number of carbonyl (C=O) groups is 1. The molecule has 0 radical (unpaired) electrons. The minimum absolute atomic E-state index is 0.242. The SMILES string of the molecule is CC(C)N(C)c1ncc(C(=O)O)c2ccccc12. The van der Waals surface area contributed by atoms with Crippen molar-refractivity contribution in [3.63, 3.8) is 0 Å². The highest BCUT2D eigenvalue weighted by atomic mass is 16.4. The van der Waals surface area contributed by atoms with E-state index < -0.39 is 5.97 Å². The molecule has 1 N–H and O–H groups in total. The summed E-state index contributed by atoms with van der Waals surface area (Å²) in [5, 5.41) is 10.8. The van der Waals surface area contributed by atoms with Gasteiger partial charge in [-0.05, 0) is 13.8 Å². The molecule has 2 rings (SSSR count). The third kappa shape index (κ3) is 2.01. The molecule has 94 valence electrons. The number of carboxylic acid groups (broad SMARTS) is 1. The minimum atomic E-state index is -0.947. The molecule has 0 bridgehead atoms. The molecule has 18 heavy (non-hydrogen) atoms. The van der Waals surface area contributed by atoms with E-state index in [9.17, 15) is 4.79 Å². The molecule has 0 saturated carbocycles. The quantitative estimate of drug-likeness (QED) is 0.902. The Morgan fingerprint density at radius 2 is 1.89 bits per heavy atom. The van der Waals surface area contributed by atoms with E-state index in [1.54, 1.807) is 0 Å². The monoisotopic (exact) mass is 244 g/mol. The predicted molar refractivity (Wildman–Crippen MR) is 72.2 cm³/mol. The fraction of sp³-hybridized carbons (Fsp3) is 0.286. The number of nitrogens with zero attached hydrogens (tertiary/aromatic N) is 2.